The number of ether oxygens (including phenoxy) is 2. The number of anilines is 1. The largest absolute Gasteiger partial charge is 0.495 e. The van der Waals surface area contributed by atoms with Crippen LogP contribution in [0.25, 0.3) is 0 Å². The van der Waals surface area contributed by atoms with Crippen LogP contribution in [0, 0.1) is 0 Å². The molecule has 0 unspecified atom stereocenters. The number of rotatable bonds is 3. The van der Waals surface area contributed by atoms with Crippen molar-refractivity contribution < 1.29 is 22.7 Å². The van der Waals surface area contributed by atoms with Crippen LogP contribution in [0.3, 0.4) is 0 Å². The van der Waals surface area contributed by atoms with Crippen molar-refractivity contribution in [3.8, 4) is 5.75 Å². The van der Waals surface area contributed by atoms with Gasteiger partial charge in [0.25, 0.3) is 5.91 Å². The standard InChI is InChI=1S/C17H19ClN2O5S2/c1-24-13-5-4-10(18)7-11(13)20-12-8-27(22,23)9-15(12)26-17(20)19-16(21)14-3-2-6-25-14/h4-5,7,12,14-15H,2-3,6,8-9H2,1H3/t12-,14-,15+/m0/s1. The Morgan fingerprint density at radius 1 is 1.41 bits per heavy atom. The van der Waals surface area contributed by atoms with Crippen molar-refractivity contribution in [1.82, 2.24) is 0 Å². The van der Waals surface area contributed by atoms with E-state index in [0.29, 0.717) is 34.7 Å². The minimum Gasteiger partial charge on any atom is -0.495 e. The molecule has 1 aromatic carbocycles. The molecule has 27 heavy (non-hydrogen) atoms. The fourth-order valence-electron chi connectivity index (χ4n) is 3.64. The maximum Gasteiger partial charge on any atom is 0.277 e. The maximum atomic E-state index is 12.5. The number of halogens is 1. The molecule has 3 fully saturated rings. The van der Waals surface area contributed by atoms with Gasteiger partial charge in [-0.3, -0.25) is 4.79 Å². The van der Waals surface area contributed by atoms with Crippen molar-refractivity contribution in [2.75, 3.05) is 30.1 Å². The smallest absolute Gasteiger partial charge is 0.277 e. The second-order valence-corrected chi connectivity index (χ2v) is 10.5. The minimum atomic E-state index is -3.14. The topological polar surface area (TPSA) is 85.3 Å². The lowest BCUT2D eigenvalue weighted by atomic mass is 10.2. The predicted octanol–water partition coefficient (Wildman–Crippen LogP) is 2.13. The molecule has 0 N–H and O–H groups in total. The van der Waals surface area contributed by atoms with Crippen LogP contribution in [-0.2, 0) is 19.4 Å². The molecule has 0 spiro atoms. The van der Waals surface area contributed by atoms with Gasteiger partial charge in [0.1, 0.15) is 11.9 Å². The first-order valence-electron chi connectivity index (χ1n) is 8.62. The van der Waals surface area contributed by atoms with E-state index in [1.54, 1.807) is 23.1 Å². The third kappa shape index (κ3) is 3.70. The Hall–Kier alpha value is -1.29. The summed E-state index contributed by atoms with van der Waals surface area (Å²) < 4.78 is 35.2. The second kappa shape index (κ2) is 7.27. The highest BCUT2D eigenvalue weighted by Gasteiger charge is 2.50. The van der Waals surface area contributed by atoms with Crippen molar-refractivity contribution in [2.24, 2.45) is 4.99 Å². The molecule has 0 aliphatic carbocycles. The third-order valence-corrected chi connectivity index (χ3v) is 8.32. The average Bonchev–Trinajstić information content (AvgIpc) is 3.29. The molecule has 0 radical (unpaired) electrons. The molecule has 7 nitrogen and oxygen atoms in total. The molecule has 0 bridgehead atoms. The van der Waals surface area contributed by atoms with Crippen LogP contribution in [0.2, 0.25) is 5.02 Å². The van der Waals surface area contributed by atoms with E-state index in [1.807, 2.05) is 0 Å². The number of aliphatic imine (C=N–C) groups is 1. The highest BCUT2D eigenvalue weighted by atomic mass is 35.5. The molecule has 3 atom stereocenters. The normalized spacial score (nSPS) is 30.7. The number of benzene rings is 1. The summed E-state index contributed by atoms with van der Waals surface area (Å²) >= 11 is 7.49. The van der Waals surface area contributed by atoms with E-state index < -0.39 is 15.9 Å². The number of fused-ring (bicyclic) bond motifs is 1. The lowest BCUT2D eigenvalue weighted by Crippen LogP contribution is -2.38. The summed E-state index contributed by atoms with van der Waals surface area (Å²) in [6.45, 7) is 0.559. The van der Waals surface area contributed by atoms with E-state index in [1.165, 1.54) is 18.9 Å². The van der Waals surface area contributed by atoms with Gasteiger partial charge in [0.2, 0.25) is 0 Å². The van der Waals surface area contributed by atoms with Gasteiger partial charge in [-0.15, -0.1) is 0 Å². The molecule has 3 aliphatic rings. The van der Waals surface area contributed by atoms with Crippen LogP contribution < -0.4 is 9.64 Å². The maximum absolute atomic E-state index is 12.5. The monoisotopic (exact) mass is 430 g/mol. The van der Waals surface area contributed by atoms with Crippen molar-refractivity contribution in [3.05, 3.63) is 23.2 Å². The number of carbonyl (C=O) groups is 1. The van der Waals surface area contributed by atoms with Gasteiger partial charge in [0, 0.05) is 16.9 Å². The molecule has 0 saturated carbocycles. The zero-order valence-corrected chi connectivity index (χ0v) is 17.0. The fourth-order valence-corrected chi connectivity index (χ4v) is 7.71. The van der Waals surface area contributed by atoms with Crippen molar-refractivity contribution in [2.45, 2.75) is 30.2 Å². The number of amides is 1. The lowest BCUT2D eigenvalue weighted by molar-refractivity contribution is -0.126. The summed E-state index contributed by atoms with van der Waals surface area (Å²) in [5.74, 6) is 0.286. The van der Waals surface area contributed by atoms with Gasteiger partial charge in [0.15, 0.2) is 15.0 Å². The van der Waals surface area contributed by atoms with Crippen LogP contribution in [0.5, 0.6) is 5.75 Å². The van der Waals surface area contributed by atoms with Gasteiger partial charge in [-0.25, -0.2) is 8.42 Å². The number of nitrogens with zero attached hydrogens (tertiary/aromatic N) is 2. The summed E-state index contributed by atoms with van der Waals surface area (Å²) in [7, 11) is -1.61. The first-order chi connectivity index (χ1) is 12.9. The Morgan fingerprint density at radius 2 is 2.22 bits per heavy atom. The molecule has 3 saturated heterocycles. The number of carbonyl (C=O) groups excluding carboxylic acids is 1. The average molecular weight is 431 g/mol. The summed E-state index contributed by atoms with van der Waals surface area (Å²) in [6.07, 6.45) is 0.969. The Balaban J connectivity index is 1.75. The van der Waals surface area contributed by atoms with Gasteiger partial charge in [-0.2, -0.15) is 4.99 Å². The Kier molecular flexibility index (Phi) is 5.13. The summed E-state index contributed by atoms with van der Waals surface area (Å²) in [5.41, 5.74) is 0.612. The van der Waals surface area contributed by atoms with E-state index in [0.717, 1.165) is 6.42 Å². The first-order valence-corrected chi connectivity index (χ1v) is 11.7. The number of thioether (sulfide) groups is 1. The second-order valence-electron chi connectivity index (χ2n) is 6.72. The number of sulfone groups is 1. The number of hydrogen-bond donors (Lipinski definition) is 0. The Labute approximate surface area is 167 Å². The number of hydrogen-bond acceptors (Lipinski definition) is 6. The van der Waals surface area contributed by atoms with Crippen LogP contribution in [0.15, 0.2) is 23.2 Å². The molecular formula is C17H19ClN2O5S2. The molecule has 1 amide bonds. The van der Waals surface area contributed by atoms with Crippen molar-refractivity contribution in [1.29, 1.82) is 0 Å². The number of amidine groups is 1. The molecule has 146 valence electrons. The van der Waals surface area contributed by atoms with Crippen molar-refractivity contribution >= 4 is 50.0 Å². The van der Waals surface area contributed by atoms with Crippen LogP contribution in [0.1, 0.15) is 12.8 Å². The van der Waals surface area contributed by atoms with E-state index in [9.17, 15) is 13.2 Å². The zero-order valence-electron chi connectivity index (χ0n) is 14.6. The summed E-state index contributed by atoms with van der Waals surface area (Å²) in [5, 5.41) is 0.778. The molecule has 3 heterocycles. The minimum absolute atomic E-state index is 0.00741. The summed E-state index contributed by atoms with van der Waals surface area (Å²) in [6, 6.07) is 4.81. The molecule has 10 heteroatoms. The van der Waals surface area contributed by atoms with Crippen LogP contribution in [-0.4, -0.2) is 62.1 Å². The zero-order chi connectivity index (χ0) is 19.2. The van der Waals surface area contributed by atoms with E-state index in [-0.39, 0.29) is 28.7 Å². The highest BCUT2D eigenvalue weighted by molar-refractivity contribution is 8.16. The van der Waals surface area contributed by atoms with Crippen molar-refractivity contribution in [3.63, 3.8) is 0 Å². The molecule has 1 aromatic rings. The fraction of sp³-hybridized carbons (Fsp3) is 0.529. The molecule has 4 rings (SSSR count). The quantitative estimate of drug-likeness (QED) is 0.726. The Bertz CT molecular complexity index is 899. The Morgan fingerprint density at radius 3 is 2.93 bits per heavy atom. The van der Waals surface area contributed by atoms with E-state index >= 15 is 0 Å². The van der Waals surface area contributed by atoms with Crippen LogP contribution >= 0.6 is 23.4 Å². The first kappa shape index (κ1) is 19.0. The lowest BCUT2D eigenvalue weighted by Gasteiger charge is -2.26. The highest BCUT2D eigenvalue weighted by Crippen LogP contribution is 2.44. The van der Waals surface area contributed by atoms with Crippen LogP contribution in [0.4, 0.5) is 5.69 Å². The van der Waals surface area contributed by atoms with Gasteiger partial charge >= 0.3 is 0 Å². The number of methoxy groups -OCH3 is 1. The summed E-state index contributed by atoms with van der Waals surface area (Å²) in [4.78, 5) is 18.6. The van der Waals surface area contributed by atoms with Gasteiger partial charge in [-0.1, -0.05) is 23.4 Å². The van der Waals surface area contributed by atoms with Gasteiger partial charge in [-0.05, 0) is 31.0 Å². The molecular weight excluding hydrogens is 412 g/mol. The SMILES string of the molecule is COc1ccc(Cl)cc1N1C(=NC(=O)[C@@H]2CCCO2)S[C@@H]2CS(=O)(=O)C[C@@H]21. The van der Waals surface area contributed by atoms with Gasteiger partial charge < -0.3 is 14.4 Å². The van der Waals surface area contributed by atoms with Gasteiger partial charge in [0.05, 0.1) is 30.3 Å². The third-order valence-electron chi connectivity index (χ3n) is 4.88. The molecule has 0 aromatic heterocycles. The van der Waals surface area contributed by atoms with E-state index in [4.69, 9.17) is 21.1 Å². The molecule has 3 aliphatic heterocycles. The van der Waals surface area contributed by atoms with E-state index in [2.05, 4.69) is 4.99 Å². The predicted molar refractivity (Wildman–Crippen MR) is 106 cm³/mol.